The second-order valence-corrected chi connectivity index (χ2v) is 5.61. The Bertz CT molecular complexity index is 559. The lowest BCUT2D eigenvalue weighted by Crippen LogP contribution is -2.34. The van der Waals surface area contributed by atoms with Gasteiger partial charge >= 0.3 is 12.1 Å². The summed E-state index contributed by atoms with van der Waals surface area (Å²) in [6, 6.07) is 8.62. The lowest BCUT2D eigenvalue weighted by Gasteiger charge is -2.18. The number of alkyl halides is 3. The van der Waals surface area contributed by atoms with Crippen molar-refractivity contribution in [3.63, 3.8) is 0 Å². The van der Waals surface area contributed by atoms with Crippen molar-refractivity contribution in [2.45, 2.75) is 37.6 Å². The van der Waals surface area contributed by atoms with Crippen molar-refractivity contribution < 1.29 is 27.5 Å². The van der Waals surface area contributed by atoms with Crippen LogP contribution < -0.4 is 10.6 Å². The van der Waals surface area contributed by atoms with Crippen molar-refractivity contribution >= 4 is 11.9 Å². The van der Waals surface area contributed by atoms with Crippen molar-refractivity contribution in [1.29, 1.82) is 0 Å². The number of esters is 1. The zero-order chi connectivity index (χ0) is 17.6. The number of amides is 1. The lowest BCUT2D eigenvalue weighted by molar-refractivity contribution is -0.156. The third kappa shape index (κ3) is 6.57. The summed E-state index contributed by atoms with van der Waals surface area (Å²) >= 11 is 0. The first-order valence-corrected chi connectivity index (χ1v) is 7.67. The topological polar surface area (TPSA) is 67.4 Å². The van der Waals surface area contributed by atoms with Gasteiger partial charge in [-0.25, -0.2) is 0 Å². The van der Waals surface area contributed by atoms with Crippen LogP contribution in [-0.4, -0.2) is 37.2 Å². The summed E-state index contributed by atoms with van der Waals surface area (Å²) in [5.41, 5.74) is 0.521. The molecule has 0 saturated heterocycles. The molecule has 0 aromatic heterocycles. The minimum absolute atomic E-state index is 0.107. The summed E-state index contributed by atoms with van der Waals surface area (Å²) in [5, 5.41) is 4.88. The molecule has 2 rings (SSSR count). The van der Waals surface area contributed by atoms with E-state index in [1.807, 2.05) is 0 Å². The zero-order valence-electron chi connectivity index (χ0n) is 12.9. The van der Waals surface area contributed by atoms with Crippen LogP contribution in [0.4, 0.5) is 13.2 Å². The fraction of sp³-hybridized carbons (Fsp3) is 0.500. The van der Waals surface area contributed by atoms with Crippen LogP contribution in [0.15, 0.2) is 30.3 Å². The van der Waals surface area contributed by atoms with Gasteiger partial charge in [-0.3, -0.25) is 9.59 Å². The minimum Gasteiger partial charge on any atom is -0.447 e. The van der Waals surface area contributed by atoms with E-state index < -0.39 is 30.7 Å². The first-order valence-electron chi connectivity index (χ1n) is 7.67. The number of benzene rings is 1. The number of nitrogens with one attached hydrogen (secondary N) is 2. The van der Waals surface area contributed by atoms with Gasteiger partial charge in [0.2, 0.25) is 6.10 Å². The highest BCUT2D eigenvalue weighted by atomic mass is 19.4. The van der Waals surface area contributed by atoms with E-state index in [0.717, 1.165) is 12.8 Å². The average Bonchev–Trinajstić information content (AvgIpc) is 3.33. The molecule has 1 aliphatic rings. The van der Waals surface area contributed by atoms with E-state index in [1.165, 1.54) is 0 Å². The molecule has 0 spiro atoms. The lowest BCUT2D eigenvalue weighted by atomic mass is 10.1. The number of carbonyl (C=O) groups is 2. The number of halogens is 3. The first-order chi connectivity index (χ1) is 11.3. The summed E-state index contributed by atoms with van der Waals surface area (Å²) in [5.74, 6) is -1.15. The van der Waals surface area contributed by atoms with Gasteiger partial charge in [-0.2, -0.15) is 13.2 Å². The van der Waals surface area contributed by atoms with Crippen molar-refractivity contribution in [3.8, 4) is 0 Å². The smallest absolute Gasteiger partial charge is 0.401 e. The van der Waals surface area contributed by atoms with Crippen LogP contribution in [0, 0.1) is 0 Å². The summed E-state index contributed by atoms with van der Waals surface area (Å²) in [4.78, 5) is 24.1. The molecular weight excluding hydrogens is 325 g/mol. The molecule has 5 nitrogen and oxygen atoms in total. The van der Waals surface area contributed by atoms with Crippen molar-refractivity contribution in [3.05, 3.63) is 35.9 Å². The number of carbonyl (C=O) groups excluding carboxylic acids is 2. The standard InChI is InChI=1S/C16H19F3N2O3/c17-16(18,19)10-20-9-8-13(22)24-14(11-4-2-1-3-5-11)15(23)21-12-6-7-12/h1-5,12,14,20H,6-10H2,(H,21,23). The third-order valence-electron chi connectivity index (χ3n) is 3.34. The maximum atomic E-state index is 12.2. The Morgan fingerprint density at radius 3 is 2.46 bits per heavy atom. The van der Waals surface area contributed by atoms with Gasteiger partial charge in [-0.15, -0.1) is 0 Å². The van der Waals surface area contributed by atoms with E-state index in [-0.39, 0.29) is 19.0 Å². The molecule has 1 saturated carbocycles. The molecule has 1 unspecified atom stereocenters. The Morgan fingerprint density at radius 2 is 1.88 bits per heavy atom. The van der Waals surface area contributed by atoms with Gasteiger partial charge in [0.1, 0.15) is 0 Å². The van der Waals surface area contributed by atoms with Gasteiger partial charge in [0, 0.05) is 18.2 Å². The van der Waals surface area contributed by atoms with Gasteiger partial charge in [-0.05, 0) is 12.8 Å². The van der Waals surface area contributed by atoms with E-state index in [4.69, 9.17) is 4.74 Å². The fourth-order valence-electron chi connectivity index (χ4n) is 2.02. The van der Waals surface area contributed by atoms with Gasteiger partial charge in [0.05, 0.1) is 13.0 Å². The molecule has 132 valence electrons. The molecule has 2 N–H and O–H groups in total. The van der Waals surface area contributed by atoms with Crippen LogP contribution >= 0.6 is 0 Å². The first kappa shape index (κ1) is 18.3. The number of hydrogen-bond acceptors (Lipinski definition) is 4. The van der Waals surface area contributed by atoms with E-state index in [0.29, 0.717) is 5.56 Å². The molecule has 24 heavy (non-hydrogen) atoms. The Balaban J connectivity index is 1.87. The molecule has 0 heterocycles. The van der Waals surface area contributed by atoms with Gasteiger partial charge < -0.3 is 15.4 Å². The average molecular weight is 344 g/mol. The van der Waals surface area contributed by atoms with Crippen LogP contribution in [0.25, 0.3) is 0 Å². The van der Waals surface area contributed by atoms with E-state index in [9.17, 15) is 22.8 Å². The molecule has 0 bridgehead atoms. The normalized spacial score (nSPS) is 15.6. The largest absolute Gasteiger partial charge is 0.447 e. The zero-order valence-corrected chi connectivity index (χ0v) is 12.9. The van der Waals surface area contributed by atoms with Crippen molar-refractivity contribution in [2.24, 2.45) is 0 Å². The van der Waals surface area contributed by atoms with E-state index >= 15 is 0 Å². The maximum Gasteiger partial charge on any atom is 0.401 e. The SMILES string of the molecule is O=C(CCNCC(F)(F)F)OC(C(=O)NC1CC1)c1ccccc1. The number of rotatable bonds is 8. The summed E-state index contributed by atoms with van der Waals surface area (Å²) in [6.07, 6.45) is -3.90. The predicted octanol–water partition coefficient (Wildman–Crippen LogP) is 2.09. The van der Waals surface area contributed by atoms with Crippen molar-refractivity contribution in [1.82, 2.24) is 10.6 Å². The second kappa shape index (κ2) is 8.14. The quantitative estimate of drug-likeness (QED) is 0.560. The van der Waals surface area contributed by atoms with Gasteiger partial charge in [-0.1, -0.05) is 30.3 Å². The molecule has 1 aromatic carbocycles. The number of hydrogen-bond donors (Lipinski definition) is 2. The highest BCUT2D eigenvalue weighted by Crippen LogP contribution is 2.23. The molecule has 0 radical (unpaired) electrons. The molecule has 1 aromatic rings. The summed E-state index contributed by atoms with van der Waals surface area (Å²) in [6.45, 7) is -1.35. The monoisotopic (exact) mass is 344 g/mol. The van der Waals surface area contributed by atoms with Crippen LogP contribution in [0.3, 0.4) is 0 Å². The predicted molar refractivity (Wildman–Crippen MR) is 80.0 cm³/mol. The molecule has 1 amide bonds. The Morgan fingerprint density at radius 1 is 1.21 bits per heavy atom. The summed E-state index contributed by atoms with van der Waals surface area (Å²) < 4.78 is 41.2. The van der Waals surface area contributed by atoms with Gasteiger partial charge in [0.15, 0.2) is 0 Å². The molecule has 1 aliphatic carbocycles. The highest BCUT2D eigenvalue weighted by Gasteiger charge is 2.31. The van der Waals surface area contributed by atoms with Crippen LogP contribution in [0.5, 0.6) is 0 Å². The Kier molecular flexibility index (Phi) is 6.19. The van der Waals surface area contributed by atoms with E-state index in [1.54, 1.807) is 30.3 Å². The Hall–Kier alpha value is -2.09. The summed E-state index contributed by atoms with van der Waals surface area (Å²) in [7, 11) is 0. The second-order valence-electron chi connectivity index (χ2n) is 5.61. The van der Waals surface area contributed by atoms with Crippen LogP contribution in [-0.2, 0) is 14.3 Å². The third-order valence-corrected chi connectivity index (χ3v) is 3.34. The molecular formula is C16H19F3N2O3. The van der Waals surface area contributed by atoms with Crippen LogP contribution in [0.1, 0.15) is 30.9 Å². The van der Waals surface area contributed by atoms with E-state index in [2.05, 4.69) is 10.6 Å². The van der Waals surface area contributed by atoms with Gasteiger partial charge in [0.25, 0.3) is 5.91 Å². The van der Waals surface area contributed by atoms with Crippen LogP contribution in [0.2, 0.25) is 0 Å². The van der Waals surface area contributed by atoms with Crippen molar-refractivity contribution in [2.75, 3.05) is 13.1 Å². The molecule has 0 aliphatic heterocycles. The molecule has 8 heteroatoms. The molecule has 1 fully saturated rings. The fourth-order valence-corrected chi connectivity index (χ4v) is 2.02. The molecule has 1 atom stereocenters. The maximum absolute atomic E-state index is 12.2. The highest BCUT2D eigenvalue weighted by molar-refractivity contribution is 5.85. The number of ether oxygens (including phenoxy) is 1. The Labute approximate surface area is 137 Å². The minimum atomic E-state index is -4.33.